The summed E-state index contributed by atoms with van der Waals surface area (Å²) < 4.78 is 17.0. The van der Waals surface area contributed by atoms with Crippen LogP contribution in [-0.4, -0.2) is 37.2 Å². The normalized spacial score (nSPS) is 12.3. The SMILES string of the molecule is CC/C=C\C/C=C\C/C=C\C/C=C\CCCCCCCCCCCCCCCCCCC(=O)OCC(COC(=O)CCCCCCCCCCCCCCCCCC)OC(=O)CCCCCCCCCCCCCCCCCCC. The number of ether oxygens (including phenoxy) is 3. The molecule has 0 rings (SSSR count). The largest absolute Gasteiger partial charge is 0.462 e. The van der Waals surface area contributed by atoms with E-state index in [0.29, 0.717) is 19.3 Å². The van der Waals surface area contributed by atoms with Crippen molar-refractivity contribution in [3.05, 3.63) is 48.6 Å². The number of unbranched alkanes of at least 4 members (excludes halogenated alkanes) is 47. The molecule has 6 heteroatoms. The van der Waals surface area contributed by atoms with Crippen LogP contribution < -0.4 is 0 Å². The fraction of sp³-hybridized carbons (Fsp3) is 0.851. The van der Waals surface area contributed by atoms with Crippen molar-refractivity contribution in [1.29, 1.82) is 0 Å². The maximum atomic E-state index is 12.9. The van der Waals surface area contributed by atoms with Gasteiger partial charge in [-0.3, -0.25) is 14.4 Å². The minimum Gasteiger partial charge on any atom is -0.462 e. The van der Waals surface area contributed by atoms with Gasteiger partial charge in [-0.1, -0.05) is 358 Å². The zero-order chi connectivity index (χ0) is 57.8. The van der Waals surface area contributed by atoms with Gasteiger partial charge in [0, 0.05) is 19.3 Å². The average Bonchev–Trinajstić information content (AvgIpc) is 3.46. The Balaban J connectivity index is 4.21. The van der Waals surface area contributed by atoms with E-state index in [0.717, 1.165) is 83.5 Å². The molecule has 0 radical (unpaired) electrons. The van der Waals surface area contributed by atoms with E-state index in [1.807, 2.05) is 0 Å². The maximum Gasteiger partial charge on any atom is 0.306 e. The van der Waals surface area contributed by atoms with Gasteiger partial charge in [0.25, 0.3) is 0 Å². The molecule has 0 aliphatic rings. The number of carbonyl (C=O) groups excluding carboxylic acids is 3. The maximum absolute atomic E-state index is 12.9. The first-order valence-corrected chi connectivity index (χ1v) is 35.6. The van der Waals surface area contributed by atoms with Crippen LogP contribution in [-0.2, 0) is 28.6 Å². The summed E-state index contributed by atoms with van der Waals surface area (Å²) in [5.74, 6) is -0.833. The van der Waals surface area contributed by atoms with E-state index in [1.165, 1.54) is 263 Å². The zero-order valence-electron chi connectivity index (χ0n) is 53.9. The van der Waals surface area contributed by atoms with Crippen molar-refractivity contribution < 1.29 is 28.6 Å². The molecule has 0 saturated heterocycles. The number of hydrogen-bond acceptors (Lipinski definition) is 6. The highest BCUT2D eigenvalue weighted by Gasteiger charge is 2.19. The summed E-state index contributed by atoms with van der Waals surface area (Å²) in [5, 5.41) is 0. The van der Waals surface area contributed by atoms with Crippen molar-refractivity contribution in [2.75, 3.05) is 13.2 Å². The fourth-order valence-corrected chi connectivity index (χ4v) is 10.8. The van der Waals surface area contributed by atoms with Gasteiger partial charge in [0.1, 0.15) is 13.2 Å². The van der Waals surface area contributed by atoms with Crippen molar-refractivity contribution in [2.45, 2.75) is 393 Å². The molecule has 0 N–H and O–H groups in total. The third-order valence-corrected chi connectivity index (χ3v) is 16.1. The van der Waals surface area contributed by atoms with Gasteiger partial charge in [-0.2, -0.15) is 0 Å². The van der Waals surface area contributed by atoms with Gasteiger partial charge >= 0.3 is 17.9 Å². The first kappa shape index (κ1) is 77.4. The minimum atomic E-state index is -0.769. The predicted octanol–water partition coefficient (Wildman–Crippen LogP) is 24.5. The number of allylic oxidation sites excluding steroid dienone is 8. The topological polar surface area (TPSA) is 78.9 Å². The molecule has 1 atom stereocenters. The first-order chi connectivity index (χ1) is 39.5. The highest BCUT2D eigenvalue weighted by atomic mass is 16.6. The Morgan fingerprint density at radius 2 is 0.487 bits per heavy atom. The van der Waals surface area contributed by atoms with Gasteiger partial charge in [-0.15, -0.1) is 0 Å². The van der Waals surface area contributed by atoms with Gasteiger partial charge in [0.05, 0.1) is 0 Å². The van der Waals surface area contributed by atoms with Crippen LogP contribution in [0, 0.1) is 0 Å². The molecular formula is C74H136O6. The lowest BCUT2D eigenvalue weighted by atomic mass is 10.0. The van der Waals surface area contributed by atoms with Crippen LogP contribution in [0.3, 0.4) is 0 Å². The van der Waals surface area contributed by atoms with E-state index in [1.54, 1.807) is 0 Å². The number of carbonyl (C=O) groups is 3. The van der Waals surface area contributed by atoms with Gasteiger partial charge in [-0.25, -0.2) is 0 Å². The molecule has 80 heavy (non-hydrogen) atoms. The Bertz CT molecular complexity index is 1380. The van der Waals surface area contributed by atoms with Crippen LogP contribution in [0.2, 0.25) is 0 Å². The van der Waals surface area contributed by atoms with Crippen molar-refractivity contribution in [3.63, 3.8) is 0 Å². The molecule has 0 heterocycles. The summed E-state index contributed by atoms with van der Waals surface area (Å²) in [6.45, 7) is 6.61. The third kappa shape index (κ3) is 66.2. The summed E-state index contributed by atoms with van der Waals surface area (Å²) in [7, 11) is 0. The van der Waals surface area contributed by atoms with Crippen LogP contribution in [0.25, 0.3) is 0 Å². The average molecular weight is 1120 g/mol. The van der Waals surface area contributed by atoms with Crippen molar-refractivity contribution in [3.8, 4) is 0 Å². The molecule has 468 valence electrons. The second-order valence-electron chi connectivity index (χ2n) is 24.1. The van der Waals surface area contributed by atoms with Gasteiger partial charge in [-0.05, 0) is 57.8 Å². The summed E-state index contributed by atoms with van der Waals surface area (Å²) in [6.07, 6.45) is 87.1. The monoisotopic (exact) mass is 1120 g/mol. The second-order valence-corrected chi connectivity index (χ2v) is 24.1. The lowest BCUT2D eigenvalue weighted by Gasteiger charge is -2.18. The molecular weight excluding hydrogens is 985 g/mol. The lowest BCUT2D eigenvalue weighted by Crippen LogP contribution is -2.30. The number of esters is 3. The molecule has 1 unspecified atom stereocenters. The number of hydrogen-bond donors (Lipinski definition) is 0. The van der Waals surface area contributed by atoms with E-state index in [4.69, 9.17) is 14.2 Å². The Hall–Kier alpha value is -2.63. The fourth-order valence-electron chi connectivity index (χ4n) is 10.8. The molecule has 0 spiro atoms. The molecule has 0 aromatic carbocycles. The highest BCUT2D eigenvalue weighted by Crippen LogP contribution is 2.19. The Labute approximate surface area is 498 Å². The van der Waals surface area contributed by atoms with Crippen molar-refractivity contribution in [1.82, 2.24) is 0 Å². The Morgan fingerprint density at radius 1 is 0.263 bits per heavy atom. The summed E-state index contributed by atoms with van der Waals surface area (Å²) in [4.78, 5) is 38.4. The van der Waals surface area contributed by atoms with Crippen molar-refractivity contribution in [2.24, 2.45) is 0 Å². The molecule has 0 aliphatic heterocycles. The van der Waals surface area contributed by atoms with Crippen LogP contribution in [0.5, 0.6) is 0 Å². The molecule has 0 amide bonds. The quantitative estimate of drug-likeness (QED) is 0.0261. The summed E-state index contributed by atoms with van der Waals surface area (Å²) in [5.41, 5.74) is 0. The summed E-state index contributed by atoms with van der Waals surface area (Å²) >= 11 is 0. The number of rotatable bonds is 66. The van der Waals surface area contributed by atoms with Gasteiger partial charge in [0.2, 0.25) is 0 Å². The standard InChI is InChI=1S/C74H136O6/c1-4-7-10-13-16-19-22-25-28-31-32-33-34-35-36-37-38-39-40-41-42-44-46-49-52-55-58-61-64-67-73(76)79-70-71(69-78-72(75)66-63-60-57-54-51-48-45-30-27-24-21-18-15-12-9-6-3)80-74(77)68-65-62-59-56-53-50-47-43-29-26-23-20-17-14-11-8-5-2/h7,10,16,19,25,28,32-33,71H,4-6,8-9,11-15,17-18,20-24,26-27,29-31,34-70H2,1-3H3/b10-7-,19-16-,28-25-,33-32-. The van der Waals surface area contributed by atoms with E-state index in [2.05, 4.69) is 69.4 Å². The summed E-state index contributed by atoms with van der Waals surface area (Å²) in [6, 6.07) is 0. The second kappa shape index (κ2) is 68.9. The van der Waals surface area contributed by atoms with Crippen molar-refractivity contribution >= 4 is 17.9 Å². The van der Waals surface area contributed by atoms with E-state index in [9.17, 15) is 14.4 Å². The minimum absolute atomic E-state index is 0.0651. The Morgan fingerprint density at radius 3 is 0.762 bits per heavy atom. The predicted molar refractivity (Wildman–Crippen MR) is 349 cm³/mol. The van der Waals surface area contributed by atoms with Crippen LogP contribution in [0.15, 0.2) is 48.6 Å². The lowest BCUT2D eigenvalue weighted by molar-refractivity contribution is -0.167. The molecule has 0 bridgehead atoms. The van der Waals surface area contributed by atoms with Crippen LogP contribution in [0.1, 0.15) is 387 Å². The molecule has 0 aromatic heterocycles. The van der Waals surface area contributed by atoms with Crippen LogP contribution in [0.4, 0.5) is 0 Å². The van der Waals surface area contributed by atoms with Gasteiger partial charge in [0.15, 0.2) is 6.10 Å². The molecule has 0 saturated carbocycles. The highest BCUT2D eigenvalue weighted by molar-refractivity contribution is 5.71. The van der Waals surface area contributed by atoms with E-state index >= 15 is 0 Å². The zero-order valence-corrected chi connectivity index (χ0v) is 53.9. The smallest absolute Gasteiger partial charge is 0.306 e. The Kier molecular flexibility index (Phi) is 66.6. The van der Waals surface area contributed by atoms with E-state index < -0.39 is 6.10 Å². The third-order valence-electron chi connectivity index (χ3n) is 16.1. The molecule has 0 fully saturated rings. The molecule has 0 aromatic rings. The van der Waals surface area contributed by atoms with Gasteiger partial charge < -0.3 is 14.2 Å². The van der Waals surface area contributed by atoms with Crippen LogP contribution >= 0.6 is 0 Å². The molecule has 6 nitrogen and oxygen atoms in total. The first-order valence-electron chi connectivity index (χ1n) is 35.6. The molecule has 0 aliphatic carbocycles. The van der Waals surface area contributed by atoms with E-state index in [-0.39, 0.29) is 31.1 Å².